The lowest BCUT2D eigenvalue weighted by Gasteiger charge is -2.32. The quantitative estimate of drug-likeness (QED) is 0.214. The third-order valence-electron chi connectivity index (χ3n) is 7.33. The zero-order valence-electron chi connectivity index (χ0n) is 20.8. The van der Waals surface area contributed by atoms with Crippen LogP contribution in [0.1, 0.15) is 18.9 Å². The third-order valence-corrected chi connectivity index (χ3v) is 7.86. The number of allylic oxidation sites excluding steroid dienone is 4. The van der Waals surface area contributed by atoms with Crippen LogP contribution in [0.5, 0.6) is 0 Å². The first-order valence-electron chi connectivity index (χ1n) is 12.7. The Morgan fingerprint density at radius 1 is 0.622 bits per heavy atom. The van der Waals surface area contributed by atoms with E-state index in [-0.39, 0.29) is 5.41 Å². The maximum absolute atomic E-state index is 3.54. The van der Waals surface area contributed by atoms with Crippen LogP contribution in [-0.2, 0) is 5.41 Å². The molecule has 0 saturated heterocycles. The van der Waals surface area contributed by atoms with E-state index >= 15 is 0 Å². The Morgan fingerprint density at radius 2 is 1.24 bits per heavy atom. The van der Waals surface area contributed by atoms with E-state index < -0.39 is 0 Å². The molecule has 0 N–H and O–H groups in total. The summed E-state index contributed by atoms with van der Waals surface area (Å²) in [5.41, 5.74) is 7.22. The SMILES string of the molecule is CC1(c2ccc(N(c3ccccc3)c3ccc(-c4ccc(Br)cc4)cc3)c3ccccc23)C=CC=CC1. The molecule has 0 fully saturated rings. The first kappa shape index (κ1) is 23.5. The largest absolute Gasteiger partial charge is 0.310 e. The summed E-state index contributed by atoms with van der Waals surface area (Å²) in [6.45, 7) is 2.34. The Morgan fingerprint density at radius 3 is 1.92 bits per heavy atom. The van der Waals surface area contributed by atoms with E-state index in [1.54, 1.807) is 0 Å². The van der Waals surface area contributed by atoms with Crippen molar-refractivity contribution in [2.45, 2.75) is 18.8 Å². The van der Waals surface area contributed by atoms with Gasteiger partial charge >= 0.3 is 0 Å². The summed E-state index contributed by atoms with van der Waals surface area (Å²) < 4.78 is 1.09. The Balaban J connectivity index is 1.50. The maximum Gasteiger partial charge on any atom is 0.0540 e. The normalized spacial score (nSPS) is 16.7. The van der Waals surface area contributed by atoms with Crippen molar-refractivity contribution < 1.29 is 0 Å². The van der Waals surface area contributed by atoms with Crippen LogP contribution in [-0.4, -0.2) is 0 Å². The molecule has 6 rings (SSSR count). The third kappa shape index (κ3) is 4.54. The highest BCUT2D eigenvalue weighted by Crippen LogP contribution is 2.44. The molecule has 0 bridgehead atoms. The first-order chi connectivity index (χ1) is 18.1. The molecule has 0 spiro atoms. The highest BCUT2D eigenvalue weighted by atomic mass is 79.9. The second kappa shape index (κ2) is 9.88. The molecule has 1 nitrogen and oxygen atoms in total. The molecule has 5 aromatic rings. The van der Waals surface area contributed by atoms with Crippen molar-refractivity contribution in [2.24, 2.45) is 0 Å². The number of hydrogen-bond donors (Lipinski definition) is 0. The van der Waals surface area contributed by atoms with Crippen LogP contribution < -0.4 is 4.90 Å². The van der Waals surface area contributed by atoms with Crippen LogP contribution in [0.3, 0.4) is 0 Å². The van der Waals surface area contributed by atoms with Crippen LogP contribution in [0.4, 0.5) is 17.1 Å². The molecule has 5 aromatic carbocycles. The van der Waals surface area contributed by atoms with Gasteiger partial charge in [0, 0.05) is 26.6 Å². The van der Waals surface area contributed by atoms with Gasteiger partial charge in [0.2, 0.25) is 0 Å². The van der Waals surface area contributed by atoms with Gasteiger partial charge in [-0.2, -0.15) is 0 Å². The highest BCUT2D eigenvalue weighted by Gasteiger charge is 2.27. The Kier molecular flexibility index (Phi) is 6.28. The minimum atomic E-state index is -0.0171. The Labute approximate surface area is 227 Å². The molecular weight excluding hydrogens is 514 g/mol. The fraction of sp³-hybridized carbons (Fsp3) is 0.0857. The fourth-order valence-corrected chi connectivity index (χ4v) is 5.62. The number of benzene rings is 5. The number of para-hydroxylation sites is 1. The van der Waals surface area contributed by atoms with Gasteiger partial charge in [-0.15, -0.1) is 0 Å². The van der Waals surface area contributed by atoms with E-state index in [4.69, 9.17) is 0 Å². The van der Waals surface area contributed by atoms with Gasteiger partial charge < -0.3 is 4.90 Å². The molecule has 0 aromatic heterocycles. The molecule has 0 aliphatic heterocycles. The lowest BCUT2D eigenvalue weighted by atomic mass is 9.75. The van der Waals surface area contributed by atoms with E-state index in [2.05, 4.69) is 167 Å². The van der Waals surface area contributed by atoms with E-state index in [0.717, 1.165) is 22.3 Å². The smallest absolute Gasteiger partial charge is 0.0540 e. The molecule has 0 radical (unpaired) electrons. The van der Waals surface area contributed by atoms with Crippen molar-refractivity contribution >= 4 is 43.8 Å². The average molecular weight is 543 g/mol. The fourth-order valence-electron chi connectivity index (χ4n) is 5.35. The van der Waals surface area contributed by atoms with Crippen molar-refractivity contribution in [3.8, 4) is 11.1 Å². The van der Waals surface area contributed by atoms with Crippen LogP contribution in [0.2, 0.25) is 0 Å². The molecule has 0 saturated carbocycles. The highest BCUT2D eigenvalue weighted by molar-refractivity contribution is 9.10. The molecule has 1 aliphatic carbocycles. The van der Waals surface area contributed by atoms with E-state index in [1.165, 1.54) is 33.2 Å². The zero-order valence-corrected chi connectivity index (χ0v) is 22.4. The first-order valence-corrected chi connectivity index (χ1v) is 13.5. The van der Waals surface area contributed by atoms with Crippen molar-refractivity contribution in [3.05, 3.63) is 150 Å². The second-order valence-corrected chi connectivity index (χ2v) is 10.7. The molecule has 1 aliphatic rings. The lowest BCUT2D eigenvalue weighted by Crippen LogP contribution is -2.20. The summed E-state index contributed by atoms with van der Waals surface area (Å²) in [6, 6.07) is 41.5. The van der Waals surface area contributed by atoms with E-state index in [0.29, 0.717) is 0 Å². The second-order valence-electron chi connectivity index (χ2n) is 9.81. The summed E-state index contributed by atoms with van der Waals surface area (Å²) in [4.78, 5) is 2.37. The minimum absolute atomic E-state index is 0.0171. The van der Waals surface area contributed by atoms with Crippen LogP contribution in [0.15, 0.2) is 144 Å². The molecule has 180 valence electrons. The van der Waals surface area contributed by atoms with Crippen LogP contribution >= 0.6 is 15.9 Å². The maximum atomic E-state index is 3.54. The summed E-state index contributed by atoms with van der Waals surface area (Å²) in [5.74, 6) is 0. The van der Waals surface area contributed by atoms with Crippen LogP contribution in [0, 0.1) is 0 Å². The van der Waals surface area contributed by atoms with Gasteiger partial charge in [0.15, 0.2) is 0 Å². The Bertz CT molecular complexity index is 1600. The number of fused-ring (bicyclic) bond motifs is 1. The molecule has 0 amide bonds. The summed E-state index contributed by atoms with van der Waals surface area (Å²) >= 11 is 3.54. The number of hydrogen-bond acceptors (Lipinski definition) is 1. The van der Waals surface area contributed by atoms with E-state index in [9.17, 15) is 0 Å². The van der Waals surface area contributed by atoms with Gasteiger partial charge in [-0.1, -0.05) is 120 Å². The predicted molar refractivity (Wildman–Crippen MR) is 162 cm³/mol. The average Bonchev–Trinajstić information content (AvgIpc) is 2.95. The van der Waals surface area contributed by atoms with Crippen molar-refractivity contribution in [1.29, 1.82) is 0 Å². The summed E-state index contributed by atoms with van der Waals surface area (Å²) in [7, 11) is 0. The number of rotatable bonds is 5. The van der Waals surface area contributed by atoms with Gasteiger partial charge in [0.05, 0.1) is 5.69 Å². The predicted octanol–water partition coefficient (Wildman–Crippen LogP) is 10.5. The molecule has 0 heterocycles. The van der Waals surface area contributed by atoms with Gasteiger partial charge in [0.1, 0.15) is 0 Å². The minimum Gasteiger partial charge on any atom is -0.310 e. The molecular formula is C35H28BrN. The van der Waals surface area contributed by atoms with Gasteiger partial charge in [-0.3, -0.25) is 0 Å². The van der Waals surface area contributed by atoms with Gasteiger partial charge in [-0.25, -0.2) is 0 Å². The van der Waals surface area contributed by atoms with E-state index in [1.807, 2.05) is 0 Å². The molecule has 1 atom stereocenters. The summed E-state index contributed by atoms with van der Waals surface area (Å²) in [6.07, 6.45) is 9.94. The number of anilines is 3. The number of nitrogens with zero attached hydrogens (tertiary/aromatic N) is 1. The Hall–Kier alpha value is -3.88. The van der Waals surface area contributed by atoms with Crippen molar-refractivity contribution in [1.82, 2.24) is 0 Å². The monoisotopic (exact) mass is 541 g/mol. The van der Waals surface area contributed by atoms with Crippen LogP contribution in [0.25, 0.3) is 21.9 Å². The topological polar surface area (TPSA) is 3.24 Å². The standard InChI is InChI=1S/C35H28BrN/c1-35(24-8-3-9-25-35)33-22-23-34(32-13-7-6-12-31(32)33)37(29-10-4-2-5-11-29)30-20-16-27(17-21-30)26-14-18-28(36)19-15-26/h2-24H,25H2,1H3. The van der Waals surface area contributed by atoms with Gasteiger partial charge in [-0.05, 0) is 71.0 Å². The molecule has 1 unspecified atom stereocenters. The number of halogens is 1. The molecule has 37 heavy (non-hydrogen) atoms. The van der Waals surface area contributed by atoms with Crippen molar-refractivity contribution in [2.75, 3.05) is 4.90 Å². The molecule has 2 heteroatoms. The zero-order chi connectivity index (χ0) is 25.2. The van der Waals surface area contributed by atoms with Gasteiger partial charge in [0.25, 0.3) is 0 Å². The summed E-state index contributed by atoms with van der Waals surface area (Å²) in [5, 5.41) is 2.56. The lowest BCUT2D eigenvalue weighted by molar-refractivity contribution is 0.605. The van der Waals surface area contributed by atoms with Crippen molar-refractivity contribution in [3.63, 3.8) is 0 Å².